The first-order chi connectivity index (χ1) is 13.4. The Labute approximate surface area is 166 Å². The number of allylic oxidation sites excluding steroid dienone is 1. The van der Waals surface area contributed by atoms with Crippen molar-refractivity contribution in [2.75, 3.05) is 0 Å². The largest absolute Gasteiger partial charge is 0.444 e. The Morgan fingerprint density at radius 3 is 2.29 bits per heavy atom. The van der Waals surface area contributed by atoms with E-state index in [1.54, 1.807) is 0 Å². The summed E-state index contributed by atoms with van der Waals surface area (Å²) in [6.07, 6.45) is 2.70. The molecule has 2 atom stereocenters. The molecule has 0 aliphatic carbocycles. The summed E-state index contributed by atoms with van der Waals surface area (Å²) >= 11 is 0. The second kappa shape index (κ2) is 8.93. The second-order valence-corrected chi connectivity index (χ2v) is 7.98. The van der Waals surface area contributed by atoms with Gasteiger partial charge in [0.25, 0.3) is 0 Å². The third-order valence-corrected chi connectivity index (χ3v) is 4.33. The van der Waals surface area contributed by atoms with Gasteiger partial charge in [0.1, 0.15) is 11.7 Å². The Bertz CT molecular complexity index is 798. The van der Waals surface area contributed by atoms with E-state index >= 15 is 0 Å². The predicted molar refractivity (Wildman–Crippen MR) is 110 cm³/mol. The summed E-state index contributed by atoms with van der Waals surface area (Å²) in [7, 11) is 0. The van der Waals surface area contributed by atoms with Crippen molar-refractivity contribution in [2.24, 2.45) is 0 Å². The maximum Gasteiger partial charge on any atom is 0.407 e. The van der Waals surface area contributed by atoms with Crippen LogP contribution in [0, 0.1) is 0 Å². The lowest BCUT2D eigenvalue weighted by atomic mass is 10.00. The molecule has 0 bridgehead atoms. The van der Waals surface area contributed by atoms with Crippen molar-refractivity contribution in [1.82, 2.24) is 10.8 Å². The number of ether oxygens (including phenoxy) is 1. The standard InChI is InChI=1S/C23H28N2O3/c1-23(2,3)27-22(26)24-20(15-18-12-8-5-9-13-18)21-16-19(25-28-21)14-17-10-6-4-7-11-17/h4-13,16,20-21,25H,14-15H2,1-3H3,(H,24,26). The van der Waals surface area contributed by atoms with Crippen molar-refractivity contribution in [3.8, 4) is 0 Å². The molecule has 0 radical (unpaired) electrons. The minimum atomic E-state index is -0.551. The van der Waals surface area contributed by atoms with Gasteiger partial charge in [-0.25, -0.2) is 4.79 Å². The Kier molecular flexibility index (Phi) is 6.37. The van der Waals surface area contributed by atoms with Crippen LogP contribution in [0.15, 0.2) is 72.4 Å². The van der Waals surface area contributed by atoms with E-state index in [1.807, 2.05) is 75.4 Å². The molecule has 2 unspecified atom stereocenters. The molecule has 1 aliphatic rings. The van der Waals surface area contributed by atoms with Gasteiger partial charge in [-0.05, 0) is 44.4 Å². The topological polar surface area (TPSA) is 59.6 Å². The van der Waals surface area contributed by atoms with Crippen LogP contribution in [0.3, 0.4) is 0 Å². The normalized spacial score (nSPS) is 17.4. The molecule has 0 aromatic heterocycles. The van der Waals surface area contributed by atoms with Gasteiger partial charge >= 0.3 is 6.09 Å². The van der Waals surface area contributed by atoms with E-state index in [-0.39, 0.29) is 12.1 Å². The van der Waals surface area contributed by atoms with Gasteiger partial charge in [0.15, 0.2) is 0 Å². The first-order valence-electron chi connectivity index (χ1n) is 9.59. The average molecular weight is 380 g/mol. The molecule has 2 aromatic rings. The van der Waals surface area contributed by atoms with Crippen molar-refractivity contribution >= 4 is 6.09 Å². The third-order valence-electron chi connectivity index (χ3n) is 4.33. The van der Waals surface area contributed by atoms with Gasteiger partial charge in [-0.15, -0.1) is 0 Å². The Morgan fingerprint density at radius 1 is 1.07 bits per heavy atom. The van der Waals surface area contributed by atoms with E-state index in [4.69, 9.17) is 9.57 Å². The minimum absolute atomic E-state index is 0.252. The fraction of sp³-hybridized carbons (Fsp3) is 0.348. The van der Waals surface area contributed by atoms with Gasteiger partial charge < -0.3 is 10.1 Å². The van der Waals surface area contributed by atoms with E-state index in [9.17, 15) is 4.79 Å². The Morgan fingerprint density at radius 2 is 1.68 bits per heavy atom. The van der Waals surface area contributed by atoms with Crippen LogP contribution in [0.2, 0.25) is 0 Å². The van der Waals surface area contributed by atoms with Crippen molar-refractivity contribution in [3.63, 3.8) is 0 Å². The number of alkyl carbamates (subject to hydrolysis) is 1. The van der Waals surface area contributed by atoms with Crippen molar-refractivity contribution in [2.45, 2.75) is 51.4 Å². The molecule has 5 nitrogen and oxygen atoms in total. The van der Waals surface area contributed by atoms with Gasteiger partial charge in [-0.2, -0.15) is 0 Å². The molecular weight excluding hydrogens is 352 g/mol. The lowest BCUT2D eigenvalue weighted by Gasteiger charge is -2.26. The van der Waals surface area contributed by atoms with E-state index in [0.717, 1.165) is 17.7 Å². The molecule has 1 amide bonds. The Hall–Kier alpha value is -2.79. The highest BCUT2D eigenvalue weighted by atomic mass is 16.7. The lowest BCUT2D eigenvalue weighted by Crippen LogP contribution is -2.46. The molecule has 0 saturated carbocycles. The smallest absolute Gasteiger partial charge is 0.407 e. The first-order valence-corrected chi connectivity index (χ1v) is 9.59. The summed E-state index contributed by atoms with van der Waals surface area (Å²) in [6.45, 7) is 5.55. The fourth-order valence-electron chi connectivity index (χ4n) is 3.10. The maximum absolute atomic E-state index is 12.4. The average Bonchev–Trinajstić information content (AvgIpc) is 3.10. The molecule has 0 saturated heterocycles. The molecule has 1 aliphatic heterocycles. The van der Waals surface area contributed by atoms with Gasteiger partial charge in [-0.1, -0.05) is 60.7 Å². The van der Waals surface area contributed by atoms with Crippen LogP contribution in [0.5, 0.6) is 0 Å². The number of rotatable bonds is 6. The second-order valence-electron chi connectivity index (χ2n) is 7.98. The van der Waals surface area contributed by atoms with E-state index in [0.29, 0.717) is 6.42 Å². The number of carbonyl (C=O) groups excluding carboxylic acids is 1. The molecule has 5 heteroatoms. The summed E-state index contributed by atoms with van der Waals surface area (Å²) in [6, 6.07) is 20.0. The zero-order valence-electron chi connectivity index (χ0n) is 16.6. The third kappa shape index (κ3) is 6.13. The number of hydrogen-bond acceptors (Lipinski definition) is 4. The van der Waals surface area contributed by atoms with Crippen LogP contribution < -0.4 is 10.8 Å². The van der Waals surface area contributed by atoms with Gasteiger partial charge in [0.2, 0.25) is 0 Å². The SMILES string of the molecule is CC(C)(C)OC(=O)NC(Cc1ccccc1)C1C=C(Cc2ccccc2)NO1. The van der Waals surface area contributed by atoms with Crippen molar-refractivity contribution in [3.05, 3.63) is 83.6 Å². The summed E-state index contributed by atoms with van der Waals surface area (Å²) in [4.78, 5) is 18.1. The highest BCUT2D eigenvalue weighted by molar-refractivity contribution is 5.68. The van der Waals surface area contributed by atoms with Crippen LogP contribution in [-0.2, 0) is 22.4 Å². The summed E-state index contributed by atoms with van der Waals surface area (Å²) in [5.74, 6) is 0. The highest BCUT2D eigenvalue weighted by Gasteiger charge is 2.29. The van der Waals surface area contributed by atoms with Crippen LogP contribution in [0.4, 0.5) is 4.79 Å². The maximum atomic E-state index is 12.4. The monoisotopic (exact) mass is 380 g/mol. The summed E-state index contributed by atoms with van der Waals surface area (Å²) in [5.41, 5.74) is 5.77. The number of amides is 1. The predicted octanol–water partition coefficient (Wildman–Crippen LogP) is 4.15. The van der Waals surface area contributed by atoms with Crippen LogP contribution in [0.25, 0.3) is 0 Å². The van der Waals surface area contributed by atoms with Gasteiger partial charge in [-0.3, -0.25) is 10.3 Å². The van der Waals surface area contributed by atoms with E-state index in [1.165, 1.54) is 5.56 Å². The molecule has 3 rings (SSSR count). The molecule has 0 spiro atoms. The number of carbonyl (C=O) groups is 1. The molecular formula is C23H28N2O3. The number of hydrogen-bond donors (Lipinski definition) is 2. The number of hydroxylamine groups is 1. The van der Waals surface area contributed by atoms with E-state index in [2.05, 4.69) is 22.9 Å². The quantitative estimate of drug-likeness (QED) is 0.790. The molecule has 28 heavy (non-hydrogen) atoms. The summed E-state index contributed by atoms with van der Waals surface area (Å²) < 4.78 is 5.44. The van der Waals surface area contributed by atoms with E-state index < -0.39 is 11.7 Å². The van der Waals surface area contributed by atoms with Crippen LogP contribution >= 0.6 is 0 Å². The first kappa shape index (κ1) is 20.0. The molecule has 1 heterocycles. The number of benzene rings is 2. The van der Waals surface area contributed by atoms with Gasteiger partial charge in [0, 0.05) is 12.1 Å². The minimum Gasteiger partial charge on any atom is -0.444 e. The highest BCUT2D eigenvalue weighted by Crippen LogP contribution is 2.18. The molecule has 0 fully saturated rings. The van der Waals surface area contributed by atoms with Gasteiger partial charge in [0.05, 0.1) is 6.04 Å². The fourth-order valence-corrected chi connectivity index (χ4v) is 3.10. The van der Waals surface area contributed by atoms with Crippen LogP contribution in [0.1, 0.15) is 31.9 Å². The summed E-state index contributed by atoms with van der Waals surface area (Å²) in [5, 5.41) is 2.98. The zero-order valence-corrected chi connectivity index (χ0v) is 16.6. The van der Waals surface area contributed by atoms with Crippen molar-refractivity contribution < 1.29 is 14.4 Å². The van der Waals surface area contributed by atoms with Crippen LogP contribution in [-0.4, -0.2) is 23.8 Å². The molecule has 148 valence electrons. The number of nitrogens with one attached hydrogen (secondary N) is 2. The molecule has 2 aromatic carbocycles. The lowest BCUT2D eigenvalue weighted by molar-refractivity contribution is 0.0113. The molecule has 2 N–H and O–H groups in total. The Balaban J connectivity index is 1.71. The van der Waals surface area contributed by atoms with Crippen molar-refractivity contribution in [1.29, 1.82) is 0 Å². The zero-order chi connectivity index (χ0) is 20.0.